The SMILES string of the molecule is C=Cn1ccc(C(C)C)c1C. The molecule has 0 aliphatic rings. The van der Waals surface area contributed by atoms with Gasteiger partial charge in [0.05, 0.1) is 0 Å². The average Bonchev–Trinajstić information content (AvgIpc) is 2.30. The number of nitrogens with zero attached hydrogens (tertiary/aromatic N) is 1. The van der Waals surface area contributed by atoms with Crippen LogP contribution in [0, 0.1) is 6.92 Å². The summed E-state index contributed by atoms with van der Waals surface area (Å²) in [5, 5.41) is 0. The molecule has 60 valence electrons. The molecular formula is C10H15N. The smallest absolute Gasteiger partial charge is 0.0224 e. The third-order valence-electron chi connectivity index (χ3n) is 2.04. The summed E-state index contributed by atoms with van der Waals surface area (Å²) >= 11 is 0. The second-order valence-corrected chi connectivity index (χ2v) is 3.10. The van der Waals surface area contributed by atoms with Gasteiger partial charge in [-0.3, -0.25) is 0 Å². The molecule has 0 N–H and O–H groups in total. The summed E-state index contributed by atoms with van der Waals surface area (Å²) in [5.74, 6) is 0.608. The van der Waals surface area contributed by atoms with Gasteiger partial charge in [-0.15, -0.1) is 0 Å². The summed E-state index contributed by atoms with van der Waals surface area (Å²) < 4.78 is 2.05. The Kier molecular flexibility index (Phi) is 2.18. The maximum Gasteiger partial charge on any atom is 0.0224 e. The highest BCUT2D eigenvalue weighted by atomic mass is 14.9. The number of aromatic nitrogens is 1. The van der Waals surface area contributed by atoms with Gasteiger partial charge in [-0.05, 0) is 24.5 Å². The van der Waals surface area contributed by atoms with Crippen LogP contribution >= 0.6 is 0 Å². The fourth-order valence-corrected chi connectivity index (χ4v) is 1.35. The largest absolute Gasteiger partial charge is 0.328 e. The molecule has 0 spiro atoms. The van der Waals surface area contributed by atoms with Crippen molar-refractivity contribution in [1.29, 1.82) is 0 Å². The highest BCUT2D eigenvalue weighted by Gasteiger charge is 2.05. The lowest BCUT2D eigenvalue weighted by Crippen LogP contribution is -1.91. The second-order valence-electron chi connectivity index (χ2n) is 3.10. The van der Waals surface area contributed by atoms with Gasteiger partial charge in [-0.1, -0.05) is 20.4 Å². The zero-order valence-electron chi connectivity index (χ0n) is 7.46. The van der Waals surface area contributed by atoms with E-state index in [2.05, 4.69) is 44.2 Å². The molecule has 0 aliphatic heterocycles. The van der Waals surface area contributed by atoms with Crippen LogP contribution in [-0.4, -0.2) is 4.57 Å². The first kappa shape index (κ1) is 8.12. The highest BCUT2D eigenvalue weighted by Crippen LogP contribution is 2.19. The Morgan fingerprint density at radius 1 is 1.55 bits per heavy atom. The van der Waals surface area contributed by atoms with Crippen molar-refractivity contribution in [2.45, 2.75) is 26.7 Å². The molecule has 11 heavy (non-hydrogen) atoms. The lowest BCUT2D eigenvalue weighted by molar-refractivity contribution is 0.850. The van der Waals surface area contributed by atoms with Gasteiger partial charge in [0.2, 0.25) is 0 Å². The molecule has 0 saturated heterocycles. The normalized spacial score (nSPS) is 10.5. The first-order valence-corrected chi connectivity index (χ1v) is 3.96. The van der Waals surface area contributed by atoms with E-state index in [1.54, 1.807) is 0 Å². The molecular weight excluding hydrogens is 134 g/mol. The first-order valence-electron chi connectivity index (χ1n) is 3.96. The standard InChI is InChI=1S/C10H15N/c1-5-11-7-6-10(8(2)3)9(11)4/h5-8H,1H2,2-4H3. The molecule has 1 aromatic heterocycles. The highest BCUT2D eigenvalue weighted by molar-refractivity contribution is 5.32. The van der Waals surface area contributed by atoms with E-state index in [1.165, 1.54) is 11.3 Å². The monoisotopic (exact) mass is 149 g/mol. The number of rotatable bonds is 2. The van der Waals surface area contributed by atoms with Gasteiger partial charge >= 0.3 is 0 Å². The van der Waals surface area contributed by atoms with Crippen LogP contribution < -0.4 is 0 Å². The Hall–Kier alpha value is -0.980. The van der Waals surface area contributed by atoms with Crippen LogP contribution in [0.2, 0.25) is 0 Å². The van der Waals surface area contributed by atoms with Gasteiger partial charge in [0.15, 0.2) is 0 Å². The van der Waals surface area contributed by atoms with Crippen LogP contribution in [0.4, 0.5) is 0 Å². The topological polar surface area (TPSA) is 4.93 Å². The number of hydrogen-bond acceptors (Lipinski definition) is 0. The Balaban J connectivity index is 3.10. The van der Waals surface area contributed by atoms with E-state index < -0.39 is 0 Å². The summed E-state index contributed by atoms with van der Waals surface area (Å²) in [6.07, 6.45) is 3.89. The Labute approximate surface area is 68.4 Å². The van der Waals surface area contributed by atoms with Crippen LogP contribution in [0.5, 0.6) is 0 Å². The van der Waals surface area contributed by atoms with E-state index in [9.17, 15) is 0 Å². The van der Waals surface area contributed by atoms with Crippen molar-refractivity contribution >= 4 is 6.20 Å². The van der Waals surface area contributed by atoms with Gasteiger partial charge < -0.3 is 4.57 Å². The van der Waals surface area contributed by atoms with Crippen LogP contribution in [0.1, 0.15) is 31.0 Å². The molecule has 1 heteroatoms. The summed E-state index contributed by atoms with van der Waals surface area (Å²) in [4.78, 5) is 0. The van der Waals surface area contributed by atoms with Crippen molar-refractivity contribution in [2.75, 3.05) is 0 Å². The summed E-state index contributed by atoms with van der Waals surface area (Å²) in [6.45, 7) is 10.3. The van der Waals surface area contributed by atoms with Crippen LogP contribution in [-0.2, 0) is 0 Å². The minimum absolute atomic E-state index is 0.608. The zero-order valence-corrected chi connectivity index (χ0v) is 7.46. The predicted octanol–water partition coefficient (Wildman–Crippen LogP) is 3.02. The first-order chi connectivity index (χ1) is 5.16. The van der Waals surface area contributed by atoms with E-state index in [4.69, 9.17) is 0 Å². The second kappa shape index (κ2) is 2.95. The molecule has 0 aromatic carbocycles. The maximum atomic E-state index is 3.73. The quantitative estimate of drug-likeness (QED) is 0.609. The van der Waals surface area contributed by atoms with Gasteiger partial charge in [0.1, 0.15) is 0 Å². The van der Waals surface area contributed by atoms with Crippen LogP contribution in [0.25, 0.3) is 6.20 Å². The maximum absolute atomic E-state index is 3.73. The Morgan fingerprint density at radius 3 is 2.45 bits per heavy atom. The fourth-order valence-electron chi connectivity index (χ4n) is 1.35. The minimum atomic E-state index is 0.608. The lowest BCUT2D eigenvalue weighted by atomic mass is 10.0. The van der Waals surface area contributed by atoms with Gasteiger partial charge in [-0.2, -0.15) is 0 Å². The van der Waals surface area contributed by atoms with E-state index in [-0.39, 0.29) is 0 Å². The van der Waals surface area contributed by atoms with Crippen molar-refractivity contribution in [2.24, 2.45) is 0 Å². The molecule has 0 aliphatic carbocycles. The van der Waals surface area contributed by atoms with Gasteiger partial charge in [-0.25, -0.2) is 0 Å². The molecule has 0 bridgehead atoms. The lowest BCUT2D eigenvalue weighted by Gasteiger charge is -2.04. The number of hydrogen-bond donors (Lipinski definition) is 0. The molecule has 0 amide bonds. The van der Waals surface area contributed by atoms with Crippen molar-refractivity contribution in [3.8, 4) is 0 Å². The van der Waals surface area contributed by atoms with Gasteiger partial charge in [0, 0.05) is 18.1 Å². The van der Waals surface area contributed by atoms with Crippen molar-refractivity contribution in [3.05, 3.63) is 30.1 Å². The molecule has 0 unspecified atom stereocenters. The van der Waals surface area contributed by atoms with E-state index >= 15 is 0 Å². The average molecular weight is 149 g/mol. The summed E-state index contributed by atoms with van der Waals surface area (Å²) in [7, 11) is 0. The van der Waals surface area contributed by atoms with E-state index in [1.807, 2.05) is 6.20 Å². The van der Waals surface area contributed by atoms with Gasteiger partial charge in [0.25, 0.3) is 0 Å². The molecule has 0 radical (unpaired) electrons. The molecule has 1 aromatic rings. The fraction of sp³-hybridized carbons (Fsp3) is 0.400. The Morgan fingerprint density at radius 2 is 2.18 bits per heavy atom. The van der Waals surface area contributed by atoms with E-state index in [0.717, 1.165) is 0 Å². The molecule has 0 saturated carbocycles. The third-order valence-corrected chi connectivity index (χ3v) is 2.04. The van der Waals surface area contributed by atoms with Crippen molar-refractivity contribution < 1.29 is 0 Å². The zero-order chi connectivity index (χ0) is 8.43. The van der Waals surface area contributed by atoms with Crippen LogP contribution in [0.15, 0.2) is 18.8 Å². The summed E-state index contributed by atoms with van der Waals surface area (Å²) in [5.41, 5.74) is 2.71. The van der Waals surface area contributed by atoms with Crippen molar-refractivity contribution in [1.82, 2.24) is 4.57 Å². The summed E-state index contributed by atoms with van der Waals surface area (Å²) in [6, 6.07) is 2.15. The molecule has 1 nitrogen and oxygen atoms in total. The molecule has 1 rings (SSSR count). The molecule has 0 fully saturated rings. The van der Waals surface area contributed by atoms with Crippen LogP contribution in [0.3, 0.4) is 0 Å². The van der Waals surface area contributed by atoms with E-state index in [0.29, 0.717) is 5.92 Å². The Bertz CT molecular complexity index is 256. The molecule has 0 atom stereocenters. The van der Waals surface area contributed by atoms with Crippen molar-refractivity contribution in [3.63, 3.8) is 0 Å². The predicted molar refractivity (Wildman–Crippen MR) is 49.6 cm³/mol. The molecule has 1 heterocycles. The third kappa shape index (κ3) is 1.37. The minimum Gasteiger partial charge on any atom is -0.328 e.